The molecule has 0 bridgehead atoms. The number of ether oxygens (including phenoxy) is 2. The second-order valence-electron chi connectivity index (χ2n) is 6.93. The number of carbonyl (C=O) groups excluding carboxylic acids is 1. The molecule has 162 valence electrons. The van der Waals surface area contributed by atoms with Gasteiger partial charge in [0.15, 0.2) is 5.82 Å². The van der Waals surface area contributed by atoms with Gasteiger partial charge in [-0.15, -0.1) is 0 Å². The lowest BCUT2D eigenvalue weighted by atomic mass is 10.1. The van der Waals surface area contributed by atoms with E-state index in [9.17, 15) is 10.1 Å². The molecule has 0 saturated carbocycles. The van der Waals surface area contributed by atoms with E-state index in [4.69, 9.17) is 10.5 Å². The van der Waals surface area contributed by atoms with Gasteiger partial charge in [0.25, 0.3) is 0 Å². The first-order chi connectivity index (χ1) is 15.4. The van der Waals surface area contributed by atoms with Crippen LogP contribution in [0, 0.1) is 11.3 Å². The van der Waals surface area contributed by atoms with Crippen molar-refractivity contribution >= 4 is 29.5 Å². The highest BCUT2D eigenvalue weighted by Gasteiger charge is 2.11. The quantitative estimate of drug-likeness (QED) is 0.444. The van der Waals surface area contributed by atoms with Crippen LogP contribution in [0.25, 0.3) is 11.6 Å². The van der Waals surface area contributed by atoms with Crippen LogP contribution in [-0.4, -0.2) is 42.1 Å². The number of nitrogens with two attached hydrogens (primary N) is 1. The number of hydrogen-bond donors (Lipinski definition) is 1. The standard InChI is InChI=1S/C23H22N6O3/c1-29(2)23-27-20(26-22(25)28-23)18(13-24)12-15-6-10-19(11-7-15)32-14-16-4-8-17(9-5-16)21(30)31-3/h4-12H,14H2,1-3H3,(H2,25,26,27,28). The number of hydrogen-bond acceptors (Lipinski definition) is 9. The molecule has 0 unspecified atom stereocenters. The Morgan fingerprint density at radius 2 is 1.78 bits per heavy atom. The van der Waals surface area contributed by atoms with Gasteiger partial charge in [0.2, 0.25) is 11.9 Å². The highest BCUT2D eigenvalue weighted by Crippen LogP contribution is 2.20. The van der Waals surface area contributed by atoms with E-state index in [2.05, 4.69) is 25.8 Å². The lowest BCUT2D eigenvalue weighted by Crippen LogP contribution is -2.15. The number of aromatic nitrogens is 3. The van der Waals surface area contributed by atoms with Crippen molar-refractivity contribution in [1.82, 2.24) is 15.0 Å². The summed E-state index contributed by atoms with van der Waals surface area (Å²) in [6.45, 7) is 0.345. The molecule has 1 heterocycles. The molecule has 0 saturated heterocycles. The Hall–Kier alpha value is -4.45. The summed E-state index contributed by atoms with van der Waals surface area (Å²) in [5.41, 5.74) is 8.19. The molecule has 9 heteroatoms. The largest absolute Gasteiger partial charge is 0.489 e. The normalized spacial score (nSPS) is 10.9. The van der Waals surface area contributed by atoms with Gasteiger partial charge in [-0.25, -0.2) is 4.79 Å². The minimum absolute atomic E-state index is 0.0446. The molecule has 32 heavy (non-hydrogen) atoms. The van der Waals surface area contributed by atoms with Gasteiger partial charge < -0.3 is 20.1 Å². The molecule has 0 amide bonds. The molecular weight excluding hydrogens is 408 g/mol. The molecule has 3 rings (SSSR count). The van der Waals surface area contributed by atoms with Crippen molar-refractivity contribution in [1.29, 1.82) is 5.26 Å². The molecule has 0 aliphatic heterocycles. The topological polar surface area (TPSA) is 127 Å². The fourth-order valence-electron chi connectivity index (χ4n) is 2.70. The Morgan fingerprint density at radius 3 is 2.38 bits per heavy atom. The van der Waals surface area contributed by atoms with Crippen LogP contribution in [0.2, 0.25) is 0 Å². The first-order valence-electron chi connectivity index (χ1n) is 9.60. The summed E-state index contributed by atoms with van der Waals surface area (Å²) in [6, 6.07) is 16.4. The van der Waals surface area contributed by atoms with Gasteiger partial charge in [0, 0.05) is 14.1 Å². The molecule has 0 atom stereocenters. The predicted octanol–water partition coefficient (Wildman–Crippen LogP) is 2.95. The van der Waals surface area contributed by atoms with E-state index in [-0.39, 0.29) is 23.3 Å². The summed E-state index contributed by atoms with van der Waals surface area (Å²) >= 11 is 0. The van der Waals surface area contributed by atoms with Gasteiger partial charge in [-0.2, -0.15) is 20.2 Å². The van der Waals surface area contributed by atoms with Crippen molar-refractivity contribution < 1.29 is 14.3 Å². The smallest absolute Gasteiger partial charge is 0.337 e. The first kappa shape index (κ1) is 22.2. The molecule has 9 nitrogen and oxygen atoms in total. The maximum absolute atomic E-state index is 11.5. The number of allylic oxidation sites excluding steroid dienone is 1. The number of anilines is 2. The first-order valence-corrected chi connectivity index (χ1v) is 9.60. The number of rotatable bonds is 7. The van der Waals surface area contributed by atoms with Gasteiger partial charge in [-0.1, -0.05) is 24.3 Å². The molecule has 3 aromatic rings. The number of esters is 1. The fraction of sp³-hybridized carbons (Fsp3) is 0.174. The molecule has 2 aromatic carbocycles. The Kier molecular flexibility index (Phi) is 6.98. The van der Waals surface area contributed by atoms with Gasteiger partial charge >= 0.3 is 5.97 Å². The van der Waals surface area contributed by atoms with E-state index in [0.29, 0.717) is 23.9 Å². The van der Waals surface area contributed by atoms with Crippen LogP contribution in [0.3, 0.4) is 0 Å². The summed E-state index contributed by atoms with van der Waals surface area (Å²) in [7, 11) is 4.90. The van der Waals surface area contributed by atoms with Crippen LogP contribution in [0.5, 0.6) is 5.75 Å². The van der Waals surface area contributed by atoms with Gasteiger partial charge in [-0.05, 0) is 41.5 Å². The Bertz CT molecular complexity index is 1170. The van der Waals surface area contributed by atoms with Crippen LogP contribution in [-0.2, 0) is 11.3 Å². The number of nitrogen functional groups attached to an aromatic ring is 1. The lowest BCUT2D eigenvalue weighted by Gasteiger charge is -2.11. The summed E-state index contributed by atoms with van der Waals surface area (Å²) in [5, 5.41) is 9.57. The van der Waals surface area contributed by atoms with E-state index in [1.54, 1.807) is 49.3 Å². The minimum atomic E-state index is -0.379. The molecule has 2 N–H and O–H groups in total. The summed E-state index contributed by atoms with van der Waals surface area (Å²) < 4.78 is 10.5. The fourth-order valence-corrected chi connectivity index (χ4v) is 2.70. The zero-order valence-electron chi connectivity index (χ0n) is 17.9. The zero-order valence-corrected chi connectivity index (χ0v) is 17.9. The lowest BCUT2D eigenvalue weighted by molar-refractivity contribution is 0.0600. The van der Waals surface area contributed by atoms with E-state index in [1.165, 1.54) is 7.11 Å². The van der Waals surface area contributed by atoms with Crippen molar-refractivity contribution in [2.24, 2.45) is 0 Å². The third-order valence-electron chi connectivity index (χ3n) is 4.37. The average Bonchev–Trinajstić information content (AvgIpc) is 2.81. The Labute approximate surface area is 185 Å². The van der Waals surface area contributed by atoms with Crippen LogP contribution in [0.4, 0.5) is 11.9 Å². The third kappa shape index (κ3) is 5.58. The molecule has 0 radical (unpaired) electrons. The third-order valence-corrected chi connectivity index (χ3v) is 4.37. The average molecular weight is 430 g/mol. The highest BCUT2D eigenvalue weighted by molar-refractivity contribution is 5.89. The van der Waals surface area contributed by atoms with Crippen LogP contribution in [0.15, 0.2) is 48.5 Å². The molecule has 0 aliphatic rings. The highest BCUT2D eigenvalue weighted by atomic mass is 16.5. The van der Waals surface area contributed by atoms with Gasteiger partial charge in [0.1, 0.15) is 18.4 Å². The molecule has 0 fully saturated rings. The maximum Gasteiger partial charge on any atom is 0.337 e. The van der Waals surface area contributed by atoms with Crippen molar-refractivity contribution in [2.45, 2.75) is 6.61 Å². The monoisotopic (exact) mass is 430 g/mol. The number of nitrogens with zero attached hydrogens (tertiary/aromatic N) is 5. The van der Waals surface area contributed by atoms with E-state index in [1.807, 2.05) is 24.3 Å². The van der Waals surface area contributed by atoms with Crippen molar-refractivity contribution in [2.75, 3.05) is 31.8 Å². The second-order valence-corrected chi connectivity index (χ2v) is 6.93. The van der Waals surface area contributed by atoms with E-state index < -0.39 is 0 Å². The predicted molar refractivity (Wildman–Crippen MR) is 121 cm³/mol. The van der Waals surface area contributed by atoms with E-state index >= 15 is 0 Å². The summed E-state index contributed by atoms with van der Waals surface area (Å²) in [4.78, 5) is 25.6. The number of nitriles is 1. The van der Waals surface area contributed by atoms with Gasteiger partial charge in [-0.3, -0.25) is 0 Å². The molecule has 1 aromatic heterocycles. The molecule has 0 aliphatic carbocycles. The number of carbonyl (C=O) groups is 1. The van der Waals surface area contributed by atoms with Gasteiger partial charge in [0.05, 0.1) is 18.2 Å². The van der Waals surface area contributed by atoms with Crippen LogP contribution >= 0.6 is 0 Å². The number of methoxy groups -OCH3 is 1. The van der Waals surface area contributed by atoms with E-state index in [0.717, 1.165) is 11.1 Å². The summed E-state index contributed by atoms with van der Waals surface area (Å²) in [5.74, 6) is 0.910. The molecule has 0 spiro atoms. The molecular formula is C23H22N6O3. The second kappa shape index (κ2) is 10.0. The minimum Gasteiger partial charge on any atom is -0.489 e. The SMILES string of the molecule is COC(=O)c1ccc(COc2ccc(C=C(C#N)c3nc(N)nc(N(C)C)n3)cc2)cc1. The van der Waals surface area contributed by atoms with Crippen molar-refractivity contribution in [3.05, 3.63) is 71.0 Å². The Balaban J connectivity index is 1.70. The number of benzene rings is 2. The Morgan fingerprint density at radius 1 is 1.09 bits per heavy atom. The van der Waals surface area contributed by atoms with Crippen LogP contribution < -0.4 is 15.4 Å². The van der Waals surface area contributed by atoms with Crippen molar-refractivity contribution in [3.63, 3.8) is 0 Å². The van der Waals surface area contributed by atoms with Crippen molar-refractivity contribution in [3.8, 4) is 11.8 Å². The van der Waals surface area contributed by atoms with Crippen LogP contribution in [0.1, 0.15) is 27.3 Å². The maximum atomic E-state index is 11.5. The zero-order chi connectivity index (χ0) is 23.1. The summed E-state index contributed by atoms with van der Waals surface area (Å²) in [6.07, 6.45) is 1.67.